The standard InChI is InChI=1S/C19H24N8O/c1-25-13-22-16-18(25)23-17(24-19(16)26-7-9-28-10-8-26)15-3-2-6-27(15)11-14-4-5-20-12-21-14/h4-5,12-13,15H,2-3,6-11H2,1H3. The summed E-state index contributed by atoms with van der Waals surface area (Å²) in [5, 5.41) is 0. The molecule has 0 amide bonds. The lowest BCUT2D eigenvalue weighted by Gasteiger charge is -2.29. The fraction of sp³-hybridized carbons (Fsp3) is 0.526. The molecular weight excluding hydrogens is 356 g/mol. The minimum atomic E-state index is 0.189. The highest BCUT2D eigenvalue weighted by atomic mass is 16.5. The van der Waals surface area contributed by atoms with Crippen LogP contribution in [0.2, 0.25) is 0 Å². The second kappa shape index (κ2) is 7.40. The molecule has 0 saturated carbocycles. The first-order chi connectivity index (χ1) is 13.8. The number of ether oxygens (including phenoxy) is 1. The summed E-state index contributed by atoms with van der Waals surface area (Å²) in [5.41, 5.74) is 2.78. The van der Waals surface area contributed by atoms with Gasteiger partial charge in [0.25, 0.3) is 0 Å². The van der Waals surface area contributed by atoms with Gasteiger partial charge < -0.3 is 14.2 Å². The number of rotatable bonds is 4. The maximum atomic E-state index is 5.52. The quantitative estimate of drug-likeness (QED) is 0.670. The summed E-state index contributed by atoms with van der Waals surface area (Å²) in [6, 6.07) is 2.16. The predicted molar refractivity (Wildman–Crippen MR) is 104 cm³/mol. The van der Waals surface area contributed by atoms with E-state index in [2.05, 4.69) is 24.8 Å². The van der Waals surface area contributed by atoms with Gasteiger partial charge in [-0.3, -0.25) is 4.90 Å². The fourth-order valence-corrected chi connectivity index (χ4v) is 4.08. The van der Waals surface area contributed by atoms with Gasteiger partial charge in [-0.25, -0.2) is 24.9 Å². The molecule has 2 aliphatic rings. The summed E-state index contributed by atoms with van der Waals surface area (Å²) in [7, 11) is 1.99. The van der Waals surface area contributed by atoms with E-state index in [-0.39, 0.29) is 6.04 Å². The van der Waals surface area contributed by atoms with Crippen LogP contribution in [0.1, 0.15) is 30.4 Å². The third-order valence-corrected chi connectivity index (χ3v) is 5.54. The lowest BCUT2D eigenvalue weighted by atomic mass is 10.2. The molecule has 5 heterocycles. The van der Waals surface area contributed by atoms with Gasteiger partial charge in [0.2, 0.25) is 0 Å². The number of aryl methyl sites for hydroxylation is 1. The van der Waals surface area contributed by atoms with Crippen molar-refractivity contribution in [3.8, 4) is 0 Å². The Balaban J connectivity index is 1.51. The maximum absolute atomic E-state index is 5.52. The first-order valence-corrected chi connectivity index (χ1v) is 9.80. The van der Waals surface area contributed by atoms with Crippen molar-refractivity contribution < 1.29 is 4.74 Å². The normalized spacial score (nSPS) is 20.9. The highest BCUT2D eigenvalue weighted by Crippen LogP contribution is 2.33. The van der Waals surface area contributed by atoms with E-state index in [1.54, 1.807) is 12.5 Å². The molecule has 146 valence electrons. The van der Waals surface area contributed by atoms with Crippen LogP contribution in [-0.2, 0) is 18.3 Å². The van der Waals surface area contributed by atoms with Gasteiger partial charge in [-0.15, -0.1) is 0 Å². The van der Waals surface area contributed by atoms with Gasteiger partial charge in [-0.1, -0.05) is 0 Å². The highest BCUT2D eigenvalue weighted by Gasteiger charge is 2.31. The zero-order valence-electron chi connectivity index (χ0n) is 16.0. The number of aromatic nitrogens is 6. The van der Waals surface area contributed by atoms with Gasteiger partial charge in [0.15, 0.2) is 17.0 Å². The van der Waals surface area contributed by atoms with Crippen molar-refractivity contribution in [3.63, 3.8) is 0 Å². The first-order valence-electron chi connectivity index (χ1n) is 9.80. The van der Waals surface area contributed by atoms with Crippen molar-refractivity contribution in [2.45, 2.75) is 25.4 Å². The molecule has 28 heavy (non-hydrogen) atoms. The van der Waals surface area contributed by atoms with E-state index in [1.165, 1.54) is 0 Å². The van der Waals surface area contributed by atoms with Gasteiger partial charge in [-0.05, 0) is 25.5 Å². The smallest absolute Gasteiger partial charge is 0.165 e. The second-order valence-corrected chi connectivity index (χ2v) is 7.36. The maximum Gasteiger partial charge on any atom is 0.165 e. The third-order valence-electron chi connectivity index (χ3n) is 5.54. The summed E-state index contributed by atoms with van der Waals surface area (Å²) in [6.07, 6.45) is 7.41. The average molecular weight is 380 g/mol. The fourth-order valence-electron chi connectivity index (χ4n) is 4.08. The van der Waals surface area contributed by atoms with Crippen molar-refractivity contribution in [1.29, 1.82) is 0 Å². The number of anilines is 1. The molecular formula is C19H24N8O. The molecule has 3 aromatic heterocycles. The molecule has 0 N–H and O–H groups in total. The largest absolute Gasteiger partial charge is 0.378 e. The van der Waals surface area contributed by atoms with Gasteiger partial charge in [-0.2, -0.15) is 0 Å². The molecule has 0 aliphatic carbocycles. The Morgan fingerprint density at radius 1 is 1.14 bits per heavy atom. The number of hydrogen-bond acceptors (Lipinski definition) is 8. The first kappa shape index (κ1) is 17.4. The molecule has 2 fully saturated rings. The van der Waals surface area contributed by atoms with Crippen LogP contribution >= 0.6 is 0 Å². The molecule has 1 atom stereocenters. The van der Waals surface area contributed by atoms with Crippen LogP contribution in [0.4, 0.5) is 5.82 Å². The van der Waals surface area contributed by atoms with Crippen LogP contribution in [0.25, 0.3) is 11.2 Å². The Morgan fingerprint density at radius 3 is 2.86 bits per heavy atom. The monoisotopic (exact) mass is 380 g/mol. The van der Waals surface area contributed by atoms with Crippen LogP contribution < -0.4 is 4.90 Å². The second-order valence-electron chi connectivity index (χ2n) is 7.36. The van der Waals surface area contributed by atoms with E-state index in [4.69, 9.17) is 14.7 Å². The molecule has 2 aliphatic heterocycles. The molecule has 1 unspecified atom stereocenters. The van der Waals surface area contributed by atoms with Crippen molar-refractivity contribution in [1.82, 2.24) is 34.4 Å². The summed E-state index contributed by atoms with van der Waals surface area (Å²) in [4.78, 5) is 27.6. The molecule has 0 radical (unpaired) electrons. The van der Waals surface area contributed by atoms with Gasteiger partial charge in [0, 0.05) is 32.9 Å². The van der Waals surface area contributed by atoms with Crippen LogP contribution in [0, 0.1) is 0 Å². The Kier molecular flexibility index (Phi) is 4.61. The summed E-state index contributed by atoms with van der Waals surface area (Å²) < 4.78 is 7.50. The van der Waals surface area contributed by atoms with E-state index >= 15 is 0 Å². The Labute approximate surface area is 163 Å². The topological polar surface area (TPSA) is 85.1 Å². The Bertz CT molecular complexity index is 953. The van der Waals surface area contributed by atoms with Crippen LogP contribution in [0.15, 0.2) is 24.9 Å². The minimum absolute atomic E-state index is 0.189. The molecule has 2 saturated heterocycles. The number of likely N-dealkylation sites (tertiary alicyclic amines) is 1. The summed E-state index contributed by atoms with van der Waals surface area (Å²) in [5.74, 6) is 1.81. The van der Waals surface area contributed by atoms with E-state index in [0.29, 0.717) is 0 Å². The average Bonchev–Trinajstić information content (AvgIpc) is 3.36. The van der Waals surface area contributed by atoms with Crippen LogP contribution in [0.5, 0.6) is 0 Å². The zero-order valence-corrected chi connectivity index (χ0v) is 16.0. The van der Waals surface area contributed by atoms with E-state index in [9.17, 15) is 0 Å². The Morgan fingerprint density at radius 2 is 2.04 bits per heavy atom. The zero-order chi connectivity index (χ0) is 18.9. The molecule has 0 spiro atoms. The van der Waals surface area contributed by atoms with Crippen molar-refractivity contribution >= 4 is 17.0 Å². The van der Waals surface area contributed by atoms with E-state index in [1.807, 2.05) is 24.0 Å². The van der Waals surface area contributed by atoms with Crippen molar-refractivity contribution in [3.05, 3.63) is 36.4 Å². The summed E-state index contributed by atoms with van der Waals surface area (Å²) in [6.45, 7) is 4.91. The highest BCUT2D eigenvalue weighted by molar-refractivity contribution is 5.83. The van der Waals surface area contributed by atoms with E-state index in [0.717, 1.165) is 80.7 Å². The van der Waals surface area contributed by atoms with Gasteiger partial charge in [0.05, 0.1) is 31.3 Å². The number of hydrogen-bond donors (Lipinski definition) is 0. The van der Waals surface area contributed by atoms with Gasteiger partial charge >= 0.3 is 0 Å². The molecule has 9 heteroatoms. The van der Waals surface area contributed by atoms with Crippen LogP contribution in [-0.4, -0.2) is 67.2 Å². The minimum Gasteiger partial charge on any atom is -0.378 e. The molecule has 9 nitrogen and oxygen atoms in total. The number of imidazole rings is 1. The van der Waals surface area contributed by atoms with Crippen LogP contribution in [0.3, 0.4) is 0 Å². The van der Waals surface area contributed by atoms with E-state index < -0.39 is 0 Å². The summed E-state index contributed by atoms with van der Waals surface area (Å²) >= 11 is 0. The molecule has 3 aromatic rings. The Hall–Kier alpha value is -2.65. The number of nitrogens with zero attached hydrogens (tertiary/aromatic N) is 8. The molecule has 0 aromatic carbocycles. The number of morpholine rings is 1. The van der Waals surface area contributed by atoms with Gasteiger partial charge in [0.1, 0.15) is 12.2 Å². The predicted octanol–water partition coefficient (Wildman–Crippen LogP) is 1.33. The number of fused-ring (bicyclic) bond motifs is 1. The lowest BCUT2D eigenvalue weighted by Crippen LogP contribution is -2.37. The lowest BCUT2D eigenvalue weighted by molar-refractivity contribution is 0.122. The SMILES string of the molecule is Cn1cnc2c(N3CCOCC3)nc(C3CCCN3Cc3ccncn3)nc21. The molecule has 5 rings (SSSR count). The third kappa shape index (κ3) is 3.20. The van der Waals surface area contributed by atoms with Crippen molar-refractivity contribution in [2.75, 3.05) is 37.7 Å². The van der Waals surface area contributed by atoms with Crippen molar-refractivity contribution in [2.24, 2.45) is 7.05 Å². The molecule has 0 bridgehead atoms.